The van der Waals surface area contributed by atoms with Gasteiger partial charge in [0, 0.05) is 0 Å². The molecular weight excluding hydrogens is 474 g/mol. The average Bonchev–Trinajstić information content (AvgIpc) is 2.65. The molecule has 0 aromatic carbocycles. The van der Waals surface area contributed by atoms with E-state index in [1.54, 1.807) is 0 Å². The van der Waals surface area contributed by atoms with E-state index in [0.717, 1.165) is 0 Å². The summed E-state index contributed by atoms with van der Waals surface area (Å²) in [6.07, 6.45) is 0. The number of nitrogens with zero attached hydrogens (tertiary/aromatic N) is 6. The molecule has 27 N–H and O–H groups in total. The molecular formula is C3H27N21O9. The molecule has 0 aromatic rings. The molecule has 0 aliphatic heterocycles. The molecule has 33 heavy (non-hydrogen) atoms. The van der Waals surface area contributed by atoms with Crippen LogP contribution in [0.4, 0.5) is 0 Å². The number of hydrazine groups is 9. The highest BCUT2D eigenvalue weighted by molar-refractivity contribution is 5.71. The first-order chi connectivity index (χ1) is 14.7. The third-order valence-electron chi connectivity index (χ3n) is 1.28. The predicted octanol–water partition coefficient (Wildman–Crippen LogP) is -11.1. The normalized spacial score (nSPS) is 7.00. The minimum atomic E-state index is -1.75. The van der Waals surface area contributed by atoms with Gasteiger partial charge in [-0.15, -0.1) is 0 Å². The Labute approximate surface area is 180 Å². The molecule has 30 nitrogen and oxygen atoms in total. The first-order valence-electron chi connectivity index (χ1n) is 6.35. The van der Waals surface area contributed by atoms with E-state index in [9.17, 15) is 0 Å². The van der Waals surface area contributed by atoms with Crippen molar-refractivity contribution in [3.8, 4) is 0 Å². The van der Waals surface area contributed by atoms with Crippen LogP contribution in [0.5, 0.6) is 0 Å². The van der Waals surface area contributed by atoms with Gasteiger partial charge in [0.1, 0.15) is 0 Å². The lowest BCUT2D eigenvalue weighted by atomic mass is 11.1. The van der Waals surface area contributed by atoms with Crippen LogP contribution in [0.25, 0.3) is 0 Å². The van der Waals surface area contributed by atoms with Gasteiger partial charge in [-0.1, -0.05) is 14.4 Å². The number of guanidine groups is 3. The fraction of sp³-hybridized carbons (Fsp3) is 0. The number of nitrogens with two attached hydrogens (primary N) is 12. The molecule has 0 rings (SSSR count). The molecule has 0 atom stereocenters. The highest BCUT2D eigenvalue weighted by Crippen LogP contribution is 1.45. The Morgan fingerprint density at radius 3 is 0.545 bits per heavy atom. The van der Waals surface area contributed by atoms with Crippen LogP contribution in [-0.4, -0.2) is 47.5 Å². The van der Waals surface area contributed by atoms with Crippen molar-refractivity contribution in [1.82, 2.24) is 16.3 Å². The second-order valence-corrected chi connectivity index (χ2v) is 3.48. The topological polar surface area (TPSA) is 556 Å². The highest BCUT2D eigenvalue weighted by Gasteiger charge is 1.94. The van der Waals surface area contributed by atoms with E-state index in [1.807, 2.05) is 16.3 Å². The lowest BCUT2D eigenvalue weighted by molar-refractivity contribution is -0.554. The molecule has 0 fully saturated rings. The zero-order valence-corrected chi connectivity index (χ0v) is 16.3. The van der Waals surface area contributed by atoms with Crippen LogP contribution in [0.3, 0.4) is 0 Å². The number of hydrogen-bond acceptors (Lipinski definition) is 18. The summed E-state index contributed by atoms with van der Waals surface area (Å²) in [5.41, 5.74) is 21.0. The van der Waals surface area contributed by atoms with Crippen LogP contribution < -0.4 is 86.1 Å². The van der Waals surface area contributed by atoms with Gasteiger partial charge in [-0.3, -0.25) is 52.3 Å². The minimum absolute atomic E-state index is 0.0139. The van der Waals surface area contributed by atoms with Crippen molar-refractivity contribution in [2.24, 2.45) is 69.8 Å². The summed E-state index contributed by atoms with van der Waals surface area (Å²) in [6, 6.07) is 0. The summed E-state index contributed by atoms with van der Waals surface area (Å²) in [6.45, 7) is 0. The van der Waals surface area contributed by atoms with Gasteiger partial charge >= 0.3 is 17.9 Å². The quantitative estimate of drug-likeness (QED) is 0.0365. The Balaban J connectivity index is -0.0000000677. The molecule has 0 saturated carbocycles. The van der Waals surface area contributed by atoms with Gasteiger partial charge in [-0.25, -0.2) is 16.3 Å². The standard InChI is InChI=1S/3CH8N6.3NO3/c3*2-1(6-3)7(4)5;3*2-1(3)4/h3*3-5H2,(H2,2,6);;;/q;;;3*-1/p+3. The van der Waals surface area contributed by atoms with Crippen molar-refractivity contribution >= 4 is 17.9 Å². The van der Waals surface area contributed by atoms with E-state index in [1.165, 1.54) is 0 Å². The number of rotatable bonds is 0. The van der Waals surface area contributed by atoms with Gasteiger partial charge in [0.2, 0.25) is 0 Å². The maximum absolute atomic E-state index is 8.25. The molecule has 30 heteroatoms. The molecule has 0 heterocycles. The number of hydrazone groups is 6. The van der Waals surface area contributed by atoms with Crippen molar-refractivity contribution in [2.75, 3.05) is 0 Å². The van der Waals surface area contributed by atoms with Gasteiger partial charge in [0.15, 0.2) is 0 Å². The zero-order valence-electron chi connectivity index (χ0n) is 16.3. The Hall–Kier alpha value is -5.91. The van der Waals surface area contributed by atoms with Crippen LogP contribution in [0.15, 0.2) is 0 Å². The van der Waals surface area contributed by atoms with Gasteiger partial charge < -0.3 is 46.0 Å². The van der Waals surface area contributed by atoms with E-state index < -0.39 is 15.3 Å². The van der Waals surface area contributed by atoms with Crippen molar-refractivity contribution < 1.29 is 29.6 Å². The molecule has 0 saturated heterocycles. The maximum atomic E-state index is 8.25. The monoisotopic (exact) mass is 501 g/mol. The molecule has 0 aliphatic carbocycles. The summed E-state index contributed by atoms with van der Waals surface area (Å²) in [5, 5.41) is 44.2. The van der Waals surface area contributed by atoms with E-state index >= 15 is 0 Å². The van der Waals surface area contributed by atoms with Gasteiger partial charge in [-0.05, 0) is 0 Å². The Bertz CT molecular complexity index is 517. The SMILES string of the molecule is NNC(N)=[N+](N)N.NNC(N)=[N+](N)N.NNC(N)=[N+](N)N.O=[N+]([O-])[O-].O=[N+]([O-])[O-].O=[N+]([O-])[O-]. The molecule has 0 radical (unpaired) electrons. The van der Waals surface area contributed by atoms with E-state index in [-0.39, 0.29) is 17.9 Å². The molecule has 0 aliphatic rings. The number of hydrogen-bond donors (Lipinski definition) is 15. The molecule has 0 amide bonds. The fourth-order valence-corrected chi connectivity index (χ4v) is 0.224. The van der Waals surface area contributed by atoms with Gasteiger partial charge in [0.05, 0.1) is 15.3 Å². The Morgan fingerprint density at radius 2 is 0.545 bits per heavy atom. The summed E-state index contributed by atoms with van der Waals surface area (Å²) in [4.78, 5) is 26.8. The van der Waals surface area contributed by atoms with E-state index in [2.05, 4.69) is 0 Å². The summed E-state index contributed by atoms with van der Waals surface area (Å²) in [5.74, 6) is 43.4. The lowest BCUT2D eigenvalue weighted by Gasteiger charge is -1.91. The van der Waals surface area contributed by atoms with E-state index in [0.29, 0.717) is 14.4 Å². The first kappa shape index (κ1) is 41.5. The molecule has 0 aromatic heterocycles. The molecule has 0 unspecified atom stereocenters. The molecule has 0 bridgehead atoms. The predicted molar refractivity (Wildman–Crippen MR) is 107 cm³/mol. The van der Waals surface area contributed by atoms with Crippen molar-refractivity contribution in [1.29, 1.82) is 0 Å². The first-order valence-corrected chi connectivity index (χ1v) is 6.35. The smallest absolute Gasteiger partial charge is 0.356 e. The Kier molecular flexibility index (Phi) is 35.6. The summed E-state index contributed by atoms with van der Waals surface area (Å²) >= 11 is 0. The third kappa shape index (κ3) is 104. The number of nitrogens with one attached hydrogen (secondary N) is 3. The average molecular weight is 501 g/mol. The van der Waals surface area contributed by atoms with Crippen molar-refractivity contribution in [2.45, 2.75) is 0 Å². The van der Waals surface area contributed by atoms with Crippen molar-refractivity contribution in [3.63, 3.8) is 0 Å². The largest absolute Gasteiger partial charge is 0.404 e. The van der Waals surface area contributed by atoms with Gasteiger partial charge in [0.25, 0.3) is 0 Å². The zero-order chi connectivity index (χ0) is 28.3. The van der Waals surface area contributed by atoms with Crippen LogP contribution in [0.2, 0.25) is 0 Å². The molecule has 0 spiro atoms. The molecule has 198 valence electrons. The maximum Gasteiger partial charge on any atom is 0.404 e. The van der Waals surface area contributed by atoms with Crippen LogP contribution in [0, 0.1) is 46.0 Å². The third-order valence-corrected chi connectivity index (χ3v) is 1.28. The van der Waals surface area contributed by atoms with Crippen LogP contribution in [-0.2, 0) is 0 Å². The second kappa shape index (κ2) is 28.3. The van der Waals surface area contributed by atoms with E-state index in [4.69, 9.17) is 116 Å². The minimum Gasteiger partial charge on any atom is -0.356 e. The fourth-order valence-electron chi connectivity index (χ4n) is 0.224. The second-order valence-electron chi connectivity index (χ2n) is 3.48. The van der Waals surface area contributed by atoms with Crippen LogP contribution in [0.1, 0.15) is 0 Å². The lowest BCUT2D eigenvalue weighted by Crippen LogP contribution is -2.49. The van der Waals surface area contributed by atoms with Gasteiger partial charge in [-0.2, -0.15) is 17.5 Å². The Morgan fingerprint density at radius 1 is 0.455 bits per heavy atom. The van der Waals surface area contributed by atoms with Crippen LogP contribution >= 0.6 is 0 Å². The highest BCUT2D eigenvalue weighted by atomic mass is 16.9. The summed E-state index contributed by atoms with van der Waals surface area (Å²) in [7, 11) is 0. The summed E-state index contributed by atoms with van der Waals surface area (Å²) < 4.78 is 0. The van der Waals surface area contributed by atoms with Crippen molar-refractivity contribution in [3.05, 3.63) is 46.0 Å².